The highest BCUT2D eigenvalue weighted by Gasteiger charge is 2.13. The number of hydrogen-bond acceptors (Lipinski definition) is 4. The first kappa shape index (κ1) is 17.1. The summed E-state index contributed by atoms with van der Waals surface area (Å²) in [7, 11) is 0. The number of aromatic carboxylic acids is 1. The van der Waals surface area contributed by atoms with Crippen molar-refractivity contribution in [2.45, 2.75) is 0 Å². The molecular weight excluding hydrogens is 330 g/mol. The van der Waals surface area contributed by atoms with Gasteiger partial charge in [-0.1, -0.05) is 0 Å². The fourth-order valence-corrected chi connectivity index (χ4v) is 2.60. The minimum atomic E-state index is -0.992. The lowest BCUT2D eigenvalue weighted by molar-refractivity contribution is 0.0696. The third-order valence-corrected chi connectivity index (χ3v) is 3.95. The van der Waals surface area contributed by atoms with Crippen molar-refractivity contribution in [2.75, 3.05) is 4.90 Å². The molecule has 0 aromatic heterocycles. The fourth-order valence-electron chi connectivity index (χ4n) is 2.60. The Morgan fingerprint density at radius 2 is 1.00 bits per heavy atom. The molecule has 5 nitrogen and oxygen atoms in total. The van der Waals surface area contributed by atoms with Crippen LogP contribution in [-0.2, 0) is 0 Å². The summed E-state index contributed by atoms with van der Waals surface area (Å²) in [5.41, 5.74) is 3.68. The molecule has 3 aromatic carbocycles. The minimum Gasteiger partial charge on any atom is -0.478 e. The second-order valence-electron chi connectivity index (χ2n) is 5.61. The zero-order valence-electron chi connectivity index (χ0n) is 13.7. The van der Waals surface area contributed by atoms with E-state index in [9.17, 15) is 14.4 Å². The van der Waals surface area contributed by atoms with Crippen molar-refractivity contribution in [1.29, 1.82) is 0 Å². The van der Waals surface area contributed by atoms with Gasteiger partial charge < -0.3 is 10.0 Å². The second kappa shape index (κ2) is 7.44. The Kier molecular flexibility index (Phi) is 4.90. The van der Waals surface area contributed by atoms with Crippen molar-refractivity contribution in [3.05, 3.63) is 89.5 Å². The highest BCUT2D eigenvalue weighted by atomic mass is 16.4. The van der Waals surface area contributed by atoms with Crippen LogP contribution in [0.4, 0.5) is 17.1 Å². The van der Waals surface area contributed by atoms with E-state index < -0.39 is 5.97 Å². The van der Waals surface area contributed by atoms with Gasteiger partial charge in [-0.15, -0.1) is 0 Å². The summed E-state index contributed by atoms with van der Waals surface area (Å²) in [5, 5.41) is 9.08. The van der Waals surface area contributed by atoms with Gasteiger partial charge in [-0.3, -0.25) is 9.59 Å². The predicted octanol–water partition coefficient (Wildman–Crippen LogP) is 4.48. The molecule has 26 heavy (non-hydrogen) atoms. The molecule has 1 N–H and O–H groups in total. The normalized spacial score (nSPS) is 10.2. The number of carbonyl (C=O) groups is 3. The van der Waals surface area contributed by atoms with E-state index in [1.165, 1.54) is 12.1 Å². The molecule has 3 rings (SSSR count). The lowest BCUT2D eigenvalue weighted by atomic mass is 10.1. The molecule has 0 heterocycles. The summed E-state index contributed by atoms with van der Waals surface area (Å²) in [4.78, 5) is 34.8. The smallest absolute Gasteiger partial charge is 0.335 e. The van der Waals surface area contributed by atoms with E-state index in [2.05, 4.69) is 0 Å². The largest absolute Gasteiger partial charge is 0.478 e. The highest BCUT2D eigenvalue weighted by Crippen LogP contribution is 2.34. The number of benzene rings is 3. The molecular formula is C21H15NO4. The maximum absolute atomic E-state index is 11.1. The van der Waals surface area contributed by atoms with Crippen LogP contribution in [0.2, 0.25) is 0 Å². The molecule has 0 amide bonds. The van der Waals surface area contributed by atoms with Gasteiger partial charge in [0, 0.05) is 28.2 Å². The van der Waals surface area contributed by atoms with Crippen LogP contribution in [0, 0.1) is 0 Å². The summed E-state index contributed by atoms with van der Waals surface area (Å²) in [6.07, 6.45) is 1.54. The molecule has 0 spiro atoms. The van der Waals surface area contributed by atoms with Gasteiger partial charge in [0.15, 0.2) is 0 Å². The van der Waals surface area contributed by atoms with Gasteiger partial charge >= 0.3 is 5.97 Å². The average molecular weight is 345 g/mol. The number of carboxylic acids is 1. The minimum absolute atomic E-state index is 0.196. The summed E-state index contributed by atoms with van der Waals surface area (Å²) in [5.74, 6) is -0.992. The summed E-state index contributed by atoms with van der Waals surface area (Å²) in [6, 6.07) is 20.6. The van der Waals surface area contributed by atoms with E-state index in [0.717, 1.165) is 29.6 Å². The molecule has 128 valence electrons. The predicted molar refractivity (Wildman–Crippen MR) is 98.9 cm³/mol. The van der Waals surface area contributed by atoms with E-state index in [-0.39, 0.29) is 5.56 Å². The monoisotopic (exact) mass is 345 g/mol. The highest BCUT2D eigenvalue weighted by molar-refractivity contribution is 5.89. The molecule has 0 aliphatic rings. The molecule has 0 aliphatic carbocycles. The SMILES string of the molecule is O=Cc1ccc(N(c2ccc(C=O)cc2)c2ccc(C(=O)O)cc2)cc1. The zero-order valence-corrected chi connectivity index (χ0v) is 13.7. The first-order chi connectivity index (χ1) is 12.6. The number of aldehydes is 2. The van der Waals surface area contributed by atoms with E-state index in [0.29, 0.717) is 11.1 Å². The fraction of sp³-hybridized carbons (Fsp3) is 0. The number of anilines is 3. The van der Waals surface area contributed by atoms with Gasteiger partial charge in [-0.2, -0.15) is 0 Å². The second-order valence-corrected chi connectivity index (χ2v) is 5.61. The topological polar surface area (TPSA) is 74.7 Å². The van der Waals surface area contributed by atoms with Crippen molar-refractivity contribution in [2.24, 2.45) is 0 Å². The van der Waals surface area contributed by atoms with Crippen LogP contribution in [0.3, 0.4) is 0 Å². The van der Waals surface area contributed by atoms with Crippen molar-refractivity contribution in [1.82, 2.24) is 0 Å². The standard InChI is InChI=1S/C21H15NO4/c23-13-15-1-7-18(8-2-15)22(19-9-3-16(14-24)4-10-19)20-11-5-17(6-12-20)21(25)26/h1-14H,(H,25,26). The van der Waals surface area contributed by atoms with E-state index in [1.807, 2.05) is 29.2 Å². The number of nitrogens with zero attached hydrogens (tertiary/aromatic N) is 1. The van der Waals surface area contributed by atoms with Crippen molar-refractivity contribution < 1.29 is 19.5 Å². The number of carbonyl (C=O) groups excluding carboxylic acids is 2. The lowest BCUT2D eigenvalue weighted by Gasteiger charge is -2.25. The van der Waals surface area contributed by atoms with Gasteiger partial charge in [-0.25, -0.2) is 4.79 Å². The third kappa shape index (κ3) is 3.52. The Balaban J connectivity index is 2.08. The Labute approximate surface area is 150 Å². The molecule has 5 heteroatoms. The Morgan fingerprint density at radius 1 is 0.654 bits per heavy atom. The van der Waals surface area contributed by atoms with Crippen LogP contribution in [0.15, 0.2) is 72.8 Å². The van der Waals surface area contributed by atoms with Crippen molar-refractivity contribution in [3.63, 3.8) is 0 Å². The van der Waals surface area contributed by atoms with Gasteiger partial charge in [0.05, 0.1) is 5.56 Å². The summed E-state index contributed by atoms with van der Waals surface area (Å²) >= 11 is 0. The van der Waals surface area contributed by atoms with Gasteiger partial charge in [0.25, 0.3) is 0 Å². The summed E-state index contributed by atoms with van der Waals surface area (Å²) in [6.45, 7) is 0. The van der Waals surface area contributed by atoms with Gasteiger partial charge in [-0.05, 0) is 72.8 Å². The van der Waals surface area contributed by atoms with E-state index in [4.69, 9.17) is 5.11 Å². The van der Waals surface area contributed by atoms with Gasteiger partial charge in [0.1, 0.15) is 12.6 Å². The van der Waals surface area contributed by atoms with Crippen LogP contribution < -0.4 is 4.90 Å². The first-order valence-electron chi connectivity index (χ1n) is 7.86. The first-order valence-corrected chi connectivity index (χ1v) is 7.86. The molecule has 0 saturated heterocycles. The van der Waals surface area contributed by atoms with Crippen LogP contribution in [0.1, 0.15) is 31.1 Å². The van der Waals surface area contributed by atoms with Crippen molar-refractivity contribution in [3.8, 4) is 0 Å². The summed E-state index contributed by atoms with van der Waals surface area (Å²) < 4.78 is 0. The molecule has 3 aromatic rings. The molecule has 0 bridgehead atoms. The van der Waals surface area contributed by atoms with Crippen LogP contribution in [0.5, 0.6) is 0 Å². The van der Waals surface area contributed by atoms with Gasteiger partial charge in [0.2, 0.25) is 0 Å². The maximum atomic E-state index is 11.1. The lowest BCUT2D eigenvalue weighted by Crippen LogP contribution is -2.10. The number of carboxylic acid groups (broad SMARTS) is 1. The number of hydrogen-bond donors (Lipinski definition) is 1. The third-order valence-electron chi connectivity index (χ3n) is 3.95. The molecule has 0 fully saturated rings. The van der Waals surface area contributed by atoms with E-state index in [1.54, 1.807) is 36.4 Å². The molecule has 0 atom stereocenters. The number of rotatable bonds is 6. The average Bonchev–Trinajstić information content (AvgIpc) is 2.69. The molecule has 0 radical (unpaired) electrons. The quantitative estimate of drug-likeness (QED) is 0.667. The Morgan fingerprint density at radius 3 is 1.31 bits per heavy atom. The van der Waals surface area contributed by atoms with E-state index >= 15 is 0 Å². The maximum Gasteiger partial charge on any atom is 0.335 e. The molecule has 0 saturated carbocycles. The molecule has 0 aliphatic heterocycles. The molecule has 0 unspecified atom stereocenters. The van der Waals surface area contributed by atoms with Crippen LogP contribution in [0.25, 0.3) is 0 Å². The van der Waals surface area contributed by atoms with Crippen LogP contribution in [-0.4, -0.2) is 23.6 Å². The Bertz CT molecular complexity index is 878. The van der Waals surface area contributed by atoms with Crippen molar-refractivity contribution >= 4 is 35.6 Å². The Hall–Kier alpha value is -3.73. The van der Waals surface area contributed by atoms with Crippen LogP contribution >= 0.6 is 0 Å². The zero-order chi connectivity index (χ0) is 18.5.